The van der Waals surface area contributed by atoms with Crippen molar-refractivity contribution in [2.45, 2.75) is 0 Å². The Labute approximate surface area is 86.3 Å². The van der Waals surface area contributed by atoms with Gasteiger partial charge >= 0.3 is 0 Å². The Morgan fingerprint density at radius 2 is 2.00 bits per heavy atom. The highest BCUT2D eigenvalue weighted by Crippen LogP contribution is 2.26. The summed E-state index contributed by atoms with van der Waals surface area (Å²) in [6, 6.07) is 7.94. The summed E-state index contributed by atoms with van der Waals surface area (Å²) < 4.78 is 1.75. The van der Waals surface area contributed by atoms with E-state index >= 15 is 0 Å². The number of pyridine rings is 1. The second-order valence-electron chi connectivity index (χ2n) is 3.54. The zero-order chi connectivity index (χ0) is 10.4. The molecule has 3 rings (SSSR count). The van der Waals surface area contributed by atoms with E-state index in [-0.39, 0.29) is 0 Å². The van der Waals surface area contributed by atoms with Gasteiger partial charge in [-0.05, 0) is 6.07 Å². The van der Waals surface area contributed by atoms with Gasteiger partial charge in [-0.15, -0.1) is 0 Å². The molecule has 0 fully saturated rings. The Hall–Kier alpha value is -2.10. The summed E-state index contributed by atoms with van der Waals surface area (Å²) in [4.78, 5) is 4.35. The van der Waals surface area contributed by atoms with E-state index in [1.54, 1.807) is 4.68 Å². The van der Waals surface area contributed by atoms with Crippen molar-refractivity contribution in [2.24, 2.45) is 7.05 Å². The van der Waals surface area contributed by atoms with E-state index in [1.165, 1.54) is 0 Å². The highest BCUT2D eigenvalue weighted by atomic mass is 15.3. The quantitative estimate of drug-likeness (QED) is 0.598. The monoisotopic (exact) mass is 198 g/mol. The first-order valence-electron chi connectivity index (χ1n) is 4.73. The van der Waals surface area contributed by atoms with Crippen molar-refractivity contribution < 1.29 is 0 Å². The highest BCUT2D eigenvalue weighted by Gasteiger charge is 2.08. The van der Waals surface area contributed by atoms with Crippen molar-refractivity contribution in [3.8, 4) is 0 Å². The lowest BCUT2D eigenvalue weighted by molar-refractivity contribution is 0.797. The zero-order valence-electron chi connectivity index (χ0n) is 8.31. The molecule has 2 N–H and O–H groups in total. The molecule has 0 bridgehead atoms. The van der Waals surface area contributed by atoms with Gasteiger partial charge in [-0.1, -0.05) is 18.2 Å². The molecule has 0 spiro atoms. The molecule has 0 unspecified atom stereocenters. The molecular weight excluding hydrogens is 188 g/mol. The molecule has 2 heterocycles. The lowest BCUT2D eigenvalue weighted by Gasteiger charge is -2.02. The maximum atomic E-state index is 5.90. The van der Waals surface area contributed by atoms with Crippen LogP contribution in [0.2, 0.25) is 0 Å². The Morgan fingerprint density at radius 1 is 1.20 bits per heavy atom. The smallest absolute Gasteiger partial charge is 0.150 e. The molecule has 0 aliphatic heterocycles. The highest BCUT2D eigenvalue weighted by molar-refractivity contribution is 6.07. The minimum absolute atomic E-state index is 0.531. The van der Waals surface area contributed by atoms with E-state index in [4.69, 9.17) is 5.73 Å². The number of hydrogen-bond acceptors (Lipinski definition) is 3. The van der Waals surface area contributed by atoms with Crippen LogP contribution in [-0.2, 0) is 7.05 Å². The third-order valence-electron chi connectivity index (χ3n) is 2.62. The van der Waals surface area contributed by atoms with Crippen LogP contribution in [-0.4, -0.2) is 14.8 Å². The largest absolute Gasteiger partial charge is 0.382 e. The van der Waals surface area contributed by atoms with Crippen molar-refractivity contribution in [3.05, 3.63) is 30.5 Å². The third kappa shape index (κ3) is 1.01. The summed E-state index contributed by atoms with van der Waals surface area (Å²) >= 11 is 0. The van der Waals surface area contributed by atoms with Crippen LogP contribution in [0.25, 0.3) is 21.8 Å². The maximum Gasteiger partial charge on any atom is 0.150 e. The first kappa shape index (κ1) is 8.23. The molecule has 4 nitrogen and oxygen atoms in total. The molecule has 15 heavy (non-hydrogen) atoms. The molecular formula is C11H10N4. The maximum absolute atomic E-state index is 5.90. The fourth-order valence-corrected chi connectivity index (χ4v) is 1.92. The molecule has 0 saturated carbocycles. The SMILES string of the molecule is Cn1ncc2c3ccccc3nc(N)c21. The first-order chi connectivity index (χ1) is 7.27. The minimum atomic E-state index is 0.531. The lowest BCUT2D eigenvalue weighted by Crippen LogP contribution is -1.97. The average Bonchev–Trinajstić information content (AvgIpc) is 2.62. The molecule has 0 radical (unpaired) electrons. The Kier molecular flexibility index (Phi) is 1.48. The van der Waals surface area contributed by atoms with Crippen LogP contribution < -0.4 is 5.73 Å². The summed E-state index contributed by atoms with van der Waals surface area (Å²) in [5, 5.41) is 6.35. The Balaban J connectivity index is 2.65. The second-order valence-corrected chi connectivity index (χ2v) is 3.54. The number of rotatable bonds is 0. The zero-order valence-corrected chi connectivity index (χ0v) is 8.31. The van der Waals surface area contributed by atoms with Gasteiger partial charge in [-0.25, -0.2) is 4.98 Å². The minimum Gasteiger partial charge on any atom is -0.382 e. The fraction of sp³-hybridized carbons (Fsp3) is 0.0909. The van der Waals surface area contributed by atoms with Crippen molar-refractivity contribution >= 4 is 27.6 Å². The van der Waals surface area contributed by atoms with Crippen LogP contribution in [0.15, 0.2) is 30.5 Å². The van der Waals surface area contributed by atoms with Gasteiger partial charge in [0.05, 0.1) is 11.7 Å². The fourth-order valence-electron chi connectivity index (χ4n) is 1.92. The molecule has 0 saturated heterocycles. The summed E-state index contributed by atoms with van der Waals surface area (Å²) in [5.74, 6) is 0.531. The van der Waals surface area contributed by atoms with E-state index < -0.39 is 0 Å². The Morgan fingerprint density at radius 3 is 2.87 bits per heavy atom. The van der Waals surface area contributed by atoms with E-state index in [9.17, 15) is 0 Å². The van der Waals surface area contributed by atoms with Crippen LogP contribution >= 0.6 is 0 Å². The van der Waals surface area contributed by atoms with Crippen LogP contribution in [0.3, 0.4) is 0 Å². The molecule has 2 aromatic heterocycles. The predicted octanol–water partition coefficient (Wildman–Crippen LogP) is 1.70. The average molecular weight is 198 g/mol. The second kappa shape index (κ2) is 2.70. The van der Waals surface area contributed by atoms with E-state index in [1.807, 2.05) is 37.5 Å². The molecule has 0 aliphatic carbocycles. The van der Waals surface area contributed by atoms with Gasteiger partial charge in [0.25, 0.3) is 0 Å². The normalized spacial score (nSPS) is 11.3. The first-order valence-corrected chi connectivity index (χ1v) is 4.73. The summed E-state index contributed by atoms with van der Waals surface area (Å²) in [7, 11) is 1.87. The number of hydrogen-bond donors (Lipinski definition) is 1. The lowest BCUT2D eigenvalue weighted by atomic mass is 10.1. The van der Waals surface area contributed by atoms with Crippen LogP contribution in [0.4, 0.5) is 5.82 Å². The van der Waals surface area contributed by atoms with Crippen molar-refractivity contribution in [3.63, 3.8) is 0 Å². The number of benzene rings is 1. The molecule has 3 aromatic rings. The van der Waals surface area contributed by atoms with Gasteiger partial charge < -0.3 is 5.73 Å². The number of nitrogens with zero attached hydrogens (tertiary/aromatic N) is 3. The number of para-hydroxylation sites is 1. The molecule has 0 aliphatic rings. The Bertz CT molecular complexity index is 654. The molecule has 4 heteroatoms. The molecule has 0 atom stereocenters. The van der Waals surface area contributed by atoms with Gasteiger partial charge in [0.2, 0.25) is 0 Å². The predicted molar refractivity (Wildman–Crippen MR) is 60.4 cm³/mol. The van der Waals surface area contributed by atoms with Crippen molar-refractivity contribution in [1.29, 1.82) is 0 Å². The number of fused-ring (bicyclic) bond motifs is 3. The van der Waals surface area contributed by atoms with Crippen LogP contribution in [0.1, 0.15) is 0 Å². The van der Waals surface area contributed by atoms with Crippen molar-refractivity contribution in [1.82, 2.24) is 14.8 Å². The standard InChI is InChI=1S/C11H10N4/c1-15-10-8(6-13-15)7-4-2-3-5-9(7)14-11(10)12/h2-6H,1H3,(H2,12,14). The molecule has 74 valence electrons. The summed E-state index contributed by atoms with van der Waals surface area (Å²) in [6.45, 7) is 0. The van der Waals surface area contributed by atoms with Gasteiger partial charge in [-0.2, -0.15) is 5.10 Å². The molecule has 1 aromatic carbocycles. The number of nitrogens with two attached hydrogens (primary N) is 1. The van der Waals surface area contributed by atoms with Gasteiger partial charge in [-0.3, -0.25) is 4.68 Å². The third-order valence-corrected chi connectivity index (χ3v) is 2.62. The van der Waals surface area contributed by atoms with Crippen molar-refractivity contribution in [2.75, 3.05) is 5.73 Å². The van der Waals surface area contributed by atoms with Gasteiger partial charge in [0.15, 0.2) is 0 Å². The number of aryl methyl sites for hydroxylation is 1. The van der Waals surface area contributed by atoms with Crippen LogP contribution in [0, 0.1) is 0 Å². The number of aromatic nitrogens is 3. The van der Waals surface area contributed by atoms with Crippen LogP contribution in [0.5, 0.6) is 0 Å². The summed E-state index contributed by atoms with van der Waals surface area (Å²) in [6.07, 6.45) is 1.83. The summed E-state index contributed by atoms with van der Waals surface area (Å²) in [5.41, 5.74) is 7.71. The van der Waals surface area contributed by atoms with E-state index in [2.05, 4.69) is 10.1 Å². The van der Waals surface area contributed by atoms with E-state index in [0.29, 0.717) is 5.82 Å². The topological polar surface area (TPSA) is 56.7 Å². The van der Waals surface area contributed by atoms with Gasteiger partial charge in [0, 0.05) is 17.8 Å². The van der Waals surface area contributed by atoms with Gasteiger partial charge in [0.1, 0.15) is 11.3 Å². The number of anilines is 1. The van der Waals surface area contributed by atoms with E-state index in [0.717, 1.165) is 21.8 Å². The molecule has 0 amide bonds. The number of nitrogen functional groups attached to an aromatic ring is 1.